The number of amides is 1. The number of carbonyl (C=O) groups is 1. The Morgan fingerprint density at radius 2 is 2.14 bits per heavy atom. The molecule has 0 aromatic carbocycles. The van der Waals surface area contributed by atoms with Gasteiger partial charge in [0, 0.05) is 32.1 Å². The standard InChI is InChI=1S/C19H21BrN6OS/c1-10-18-14(24-25(10)2)7-15(28-18)19(27)26-8-11-3-4-13(12(11)9-26)21-17-6-5-16(20)22-23-17/h5-7,11-13H,3-4,8-9H2,1-2H3,(H,21,23)/t11-,12+,13+/m0/s1. The van der Waals surface area contributed by atoms with Crippen molar-refractivity contribution >= 4 is 49.2 Å². The number of hydrogen-bond donors (Lipinski definition) is 1. The van der Waals surface area contributed by atoms with Crippen LogP contribution in [0.2, 0.25) is 0 Å². The van der Waals surface area contributed by atoms with Crippen LogP contribution in [0, 0.1) is 18.8 Å². The van der Waals surface area contributed by atoms with Crippen LogP contribution in [-0.4, -0.2) is 49.9 Å². The van der Waals surface area contributed by atoms with Gasteiger partial charge < -0.3 is 10.2 Å². The number of aryl methyl sites for hydroxylation is 2. The number of anilines is 1. The summed E-state index contributed by atoms with van der Waals surface area (Å²) in [4.78, 5) is 15.9. The second kappa shape index (κ2) is 6.81. The van der Waals surface area contributed by atoms with E-state index in [1.165, 1.54) is 0 Å². The van der Waals surface area contributed by atoms with Gasteiger partial charge >= 0.3 is 0 Å². The Labute approximate surface area is 175 Å². The van der Waals surface area contributed by atoms with Crippen molar-refractivity contribution in [2.45, 2.75) is 25.8 Å². The molecule has 28 heavy (non-hydrogen) atoms. The smallest absolute Gasteiger partial charge is 0.264 e. The molecule has 2 fully saturated rings. The minimum Gasteiger partial charge on any atom is -0.365 e. The molecule has 1 aliphatic carbocycles. The maximum Gasteiger partial charge on any atom is 0.264 e. The Bertz CT molecular complexity index is 1040. The molecule has 0 spiro atoms. The van der Waals surface area contributed by atoms with Crippen LogP contribution >= 0.6 is 27.3 Å². The van der Waals surface area contributed by atoms with Gasteiger partial charge in [-0.3, -0.25) is 9.48 Å². The number of carbonyl (C=O) groups excluding carboxylic acids is 1. The first kappa shape index (κ1) is 18.1. The first-order valence-corrected chi connectivity index (χ1v) is 11.1. The molecule has 0 unspecified atom stereocenters. The van der Waals surface area contributed by atoms with Crippen molar-refractivity contribution in [1.82, 2.24) is 24.9 Å². The molecule has 1 saturated heterocycles. The lowest BCUT2D eigenvalue weighted by Gasteiger charge is -2.21. The average Bonchev–Trinajstić information content (AvgIpc) is 3.41. The fourth-order valence-electron chi connectivity index (χ4n) is 4.55. The van der Waals surface area contributed by atoms with Crippen LogP contribution in [-0.2, 0) is 7.05 Å². The first-order valence-electron chi connectivity index (χ1n) is 9.48. The summed E-state index contributed by atoms with van der Waals surface area (Å²) >= 11 is 4.88. The van der Waals surface area contributed by atoms with E-state index in [-0.39, 0.29) is 5.91 Å². The summed E-state index contributed by atoms with van der Waals surface area (Å²) < 4.78 is 3.71. The van der Waals surface area contributed by atoms with Crippen molar-refractivity contribution in [1.29, 1.82) is 0 Å². The van der Waals surface area contributed by atoms with Gasteiger partial charge in [-0.15, -0.1) is 21.5 Å². The van der Waals surface area contributed by atoms with Crippen LogP contribution < -0.4 is 5.32 Å². The van der Waals surface area contributed by atoms with Gasteiger partial charge in [0.05, 0.1) is 15.3 Å². The van der Waals surface area contributed by atoms with Crippen LogP contribution in [0.25, 0.3) is 10.2 Å². The molecule has 1 saturated carbocycles. The minimum absolute atomic E-state index is 0.140. The number of hydrogen-bond acceptors (Lipinski definition) is 6. The van der Waals surface area contributed by atoms with Gasteiger partial charge in [0.1, 0.15) is 15.9 Å². The third kappa shape index (κ3) is 3.00. The third-order valence-corrected chi connectivity index (χ3v) is 7.75. The predicted molar refractivity (Wildman–Crippen MR) is 113 cm³/mol. The van der Waals surface area contributed by atoms with Crippen molar-refractivity contribution < 1.29 is 4.79 Å². The molecule has 3 atom stereocenters. The summed E-state index contributed by atoms with van der Waals surface area (Å²) in [6.07, 6.45) is 2.26. The second-order valence-corrected chi connectivity index (χ2v) is 9.60. The van der Waals surface area contributed by atoms with Gasteiger partial charge in [-0.05, 0) is 59.8 Å². The second-order valence-electron chi connectivity index (χ2n) is 7.74. The lowest BCUT2D eigenvalue weighted by molar-refractivity contribution is 0.0785. The number of thiophene rings is 1. The largest absolute Gasteiger partial charge is 0.365 e. The van der Waals surface area contributed by atoms with E-state index < -0.39 is 0 Å². The molecule has 2 aliphatic rings. The van der Waals surface area contributed by atoms with Crippen LogP contribution in [0.3, 0.4) is 0 Å². The molecule has 0 bridgehead atoms. The van der Waals surface area contributed by atoms with E-state index >= 15 is 0 Å². The molecule has 1 amide bonds. The molecule has 0 radical (unpaired) electrons. The summed E-state index contributed by atoms with van der Waals surface area (Å²) in [7, 11) is 1.94. The highest BCUT2D eigenvalue weighted by Crippen LogP contribution is 2.40. The molecule has 4 heterocycles. The molecule has 3 aromatic rings. The topological polar surface area (TPSA) is 75.9 Å². The molecular weight excluding hydrogens is 440 g/mol. The highest BCUT2D eigenvalue weighted by atomic mass is 79.9. The SMILES string of the molecule is Cc1c2sc(C(=O)N3C[C@@H]4CC[C@@H](Nc5ccc(Br)nn5)[C@@H]4C3)cc2nn1C. The molecule has 5 rings (SSSR count). The van der Waals surface area contributed by atoms with Crippen molar-refractivity contribution in [3.63, 3.8) is 0 Å². The average molecular weight is 461 g/mol. The zero-order valence-corrected chi connectivity index (χ0v) is 18.1. The van der Waals surface area contributed by atoms with Crippen molar-refractivity contribution in [2.24, 2.45) is 18.9 Å². The quantitative estimate of drug-likeness (QED) is 0.647. The van der Waals surface area contributed by atoms with E-state index in [9.17, 15) is 4.79 Å². The molecule has 9 heteroatoms. The number of halogens is 1. The Balaban J connectivity index is 1.30. The maximum atomic E-state index is 13.1. The molecule has 146 valence electrons. The fourth-order valence-corrected chi connectivity index (χ4v) is 5.86. The zero-order chi connectivity index (χ0) is 19.4. The number of fused-ring (bicyclic) bond motifs is 2. The Hall–Kier alpha value is -2.00. The van der Waals surface area contributed by atoms with Crippen LogP contribution in [0.5, 0.6) is 0 Å². The highest BCUT2D eigenvalue weighted by Gasteiger charge is 2.44. The molecule has 3 aromatic heterocycles. The monoisotopic (exact) mass is 460 g/mol. The van der Waals surface area contributed by atoms with Gasteiger partial charge in [0.25, 0.3) is 5.91 Å². The molecular formula is C19H21BrN6OS. The highest BCUT2D eigenvalue weighted by molar-refractivity contribution is 9.10. The van der Waals surface area contributed by atoms with Crippen LogP contribution in [0.4, 0.5) is 5.82 Å². The van der Waals surface area contributed by atoms with E-state index in [0.29, 0.717) is 17.9 Å². The van der Waals surface area contributed by atoms with E-state index in [1.807, 2.05) is 41.8 Å². The van der Waals surface area contributed by atoms with E-state index in [1.54, 1.807) is 11.3 Å². The van der Waals surface area contributed by atoms with Crippen LogP contribution in [0.1, 0.15) is 28.2 Å². The normalized spacial score (nSPS) is 24.1. The Kier molecular flexibility index (Phi) is 4.39. The number of nitrogens with one attached hydrogen (secondary N) is 1. The number of aromatic nitrogens is 4. The molecule has 1 aliphatic heterocycles. The number of rotatable bonds is 3. The maximum absolute atomic E-state index is 13.1. The van der Waals surface area contributed by atoms with Crippen molar-refractivity contribution in [3.05, 3.63) is 33.4 Å². The van der Waals surface area contributed by atoms with Gasteiger partial charge in [0.2, 0.25) is 0 Å². The predicted octanol–water partition coefficient (Wildman–Crippen LogP) is 3.46. The Morgan fingerprint density at radius 1 is 1.29 bits per heavy atom. The molecule has 7 nitrogen and oxygen atoms in total. The fraction of sp³-hybridized carbons (Fsp3) is 0.474. The van der Waals surface area contributed by atoms with Crippen LogP contribution in [0.15, 0.2) is 22.8 Å². The van der Waals surface area contributed by atoms with Gasteiger partial charge in [-0.1, -0.05) is 0 Å². The van der Waals surface area contributed by atoms with E-state index in [2.05, 4.69) is 36.5 Å². The summed E-state index contributed by atoms with van der Waals surface area (Å²) in [6.45, 7) is 3.69. The number of nitrogens with zero attached hydrogens (tertiary/aromatic N) is 5. The summed E-state index contributed by atoms with van der Waals surface area (Å²) in [6, 6.07) is 6.11. The number of likely N-dealkylation sites (tertiary alicyclic amines) is 1. The Morgan fingerprint density at radius 3 is 2.89 bits per heavy atom. The van der Waals surface area contributed by atoms with Gasteiger partial charge in [-0.25, -0.2) is 0 Å². The van der Waals surface area contributed by atoms with Gasteiger partial charge in [-0.2, -0.15) is 5.10 Å². The first-order chi connectivity index (χ1) is 13.5. The lowest BCUT2D eigenvalue weighted by atomic mass is 9.98. The van der Waals surface area contributed by atoms with Crippen molar-refractivity contribution in [3.8, 4) is 0 Å². The summed E-state index contributed by atoms with van der Waals surface area (Å²) in [5.41, 5.74) is 2.03. The van der Waals surface area contributed by atoms with E-state index in [4.69, 9.17) is 0 Å². The summed E-state index contributed by atoms with van der Waals surface area (Å²) in [5, 5.41) is 16.3. The third-order valence-electron chi connectivity index (χ3n) is 6.10. The summed E-state index contributed by atoms with van der Waals surface area (Å²) in [5.74, 6) is 1.96. The molecule has 1 N–H and O–H groups in total. The minimum atomic E-state index is 0.140. The van der Waals surface area contributed by atoms with E-state index in [0.717, 1.165) is 57.1 Å². The van der Waals surface area contributed by atoms with Gasteiger partial charge in [0.15, 0.2) is 0 Å². The zero-order valence-electron chi connectivity index (χ0n) is 15.7. The lowest BCUT2D eigenvalue weighted by Crippen LogP contribution is -2.33. The van der Waals surface area contributed by atoms with Crippen molar-refractivity contribution in [2.75, 3.05) is 18.4 Å².